The van der Waals surface area contributed by atoms with Gasteiger partial charge in [0.1, 0.15) is 0 Å². The summed E-state index contributed by atoms with van der Waals surface area (Å²) >= 11 is 0. The van der Waals surface area contributed by atoms with Crippen molar-refractivity contribution in [1.82, 2.24) is 5.33 Å². The van der Waals surface area contributed by atoms with Crippen LogP contribution in [0.2, 0.25) is 0 Å². The van der Waals surface area contributed by atoms with Gasteiger partial charge in [-0.25, -0.2) is 9.59 Å². The van der Waals surface area contributed by atoms with Crippen molar-refractivity contribution in [2.24, 2.45) is 0 Å². The van der Waals surface area contributed by atoms with Crippen LogP contribution in [-0.4, -0.2) is 5.33 Å². The molecule has 5 heteroatoms. The third-order valence-electron chi connectivity index (χ3n) is 0.435. The normalized spacial score (nSPS) is 9.14. The molecule has 0 atom stereocenters. The average molecular weight is 103 g/mol. The molecule has 0 aromatic carbocycles. The van der Waals surface area contributed by atoms with E-state index in [1.165, 1.54) is 0 Å². The van der Waals surface area contributed by atoms with Crippen molar-refractivity contribution in [3.05, 3.63) is 20.8 Å². The molecule has 0 aliphatic carbocycles. The lowest BCUT2D eigenvalue weighted by Gasteiger charge is -1.51. The summed E-state index contributed by atoms with van der Waals surface area (Å²) in [7, 11) is 0. The van der Waals surface area contributed by atoms with Gasteiger partial charge in [0.15, 0.2) is 0 Å². The van der Waals surface area contributed by atoms with Gasteiger partial charge in [0.2, 0.25) is 0 Å². The van der Waals surface area contributed by atoms with Crippen molar-refractivity contribution in [3.8, 4) is 0 Å². The highest BCUT2D eigenvalue weighted by atomic mass is 16.7. The lowest BCUT2D eigenvalue weighted by atomic mass is 11.0. The minimum atomic E-state index is -1.01. The number of rotatable bonds is 0. The maximum Gasteiger partial charge on any atom is 0.446 e. The molecule has 0 saturated heterocycles. The molecular formula is C2HNO4. The summed E-state index contributed by atoms with van der Waals surface area (Å²) in [5.74, 6) is 0. The number of aromatic nitrogens is 1. The van der Waals surface area contributed by atoms with E-state index in [0.29, 0.717) is 0 Å². The summed E-state index contributed by atoms with van der Waals surface area (Å²) in [6.45, 7) is 0. The molecule has 0 bridgehead atoms. The zero-order chi connectivity index (χ0) is 5.28. The van der Waals surface area contributed by atoms with Crippen molar-refractivity contribution >= 4 is 0 Å². The average Bonchev–Trinajstić information content (AvgIpc) is 1.91. The molecule has 1 rings (SSSR count). The van der Waals surface area contributed by atoms with E-state index in [9.17, 15) is 9.59 Å². The zero-order valence-corrected chi connectivity index (χ0v) is 3.13. The van der Waals surface area contributed by atoms with Crippen molar-refractivity contribution in [2.75, 3.05) is 0 Å². The number of H-pyrrole nitrogens is 1. The van der Waals surface area contributed by atoms with Crippen molar-refractivity contribution in [3.63, 3.8) is 0 Å². The topological polar surface area (TPSA) is 76.2 Å². The third kappa shape index (κ3) is 0.466. The van der Waals surface area contributed by atoms with Gasteiger partial charge in [-0.2, -0.15) is 0 Å². The molecule has 0 unspecified atom stereocenters. The summed E-state index contributed by atoms with van der Waals surface area (Å²) < 4.78 is 7.61. The van der Waals surface area contributed by atoms with Crippen LogP contribution < -0.4 is 11.3 Å². The fourth-order valence-corrected chi connectivity index (χ4v) is 0.180. The van der Waals surface area contributed by atoms with E-state index < -0.39 is 11.3 Å². The first kappa shape index (κ1) is 3.91. The van der Waals surface area contributed by atoms with Crippen LogP contribution in [0.5, 0.6) is 0 Å². The van der Waals surface area contributed by atoms with Gasteiger partial charge >= 0.3 is 11.3 Å². The minimum Gasteiger partial charge on any atom is -0.301 e. The molecular weight excluding hydrogens is 102 g/mol. The van der Waals surface area contributed by atoms with Crippen molar-refractivity contribution in [1.29, 1.82) is 0 Å². The Morgan fingerprint density at radius 1 is 1.14 bits per heavy atom. The zero-order valence-electron chi connectivity index (χ0n) is 3.13. The molecule has 0 spiro atoms. The highest BCUT2D eigenvalue weighted by molar-refractivity contribution is 4.54. The SMILES string of the molecule is O=c1o[nH]oc1=O. The number of hydrogen-bond acceptors (Lipinski definition) is 4. The second-order valence-electron chi connectivity index (χ2n) is 0.862. The molecule has 1 N–H and O–H groups in total. The maximum atomic E-state index is 9.81. The van der Waals surface area contributed by atoms with E-state index in [0.717, 1.165) is 0 Å². The largest absolute Gasteiger partial charge is 0.446 e. The van der Waals surface area contributed by atoms with Crippen molar-refractivity contribution < 1.29 is 9.05 Å². The number of nitrogens with one attached hydrogen (secondary N) is 1. The molecule has 38 valence electrons. The molecule has 5 nitrogen and oxygen atoms in total. The second kappa shape index (κ2) is 1.11. The Balaban J connectivity index is 3.71. The summed E-state index contributed by atoms with van der Waals surface area (Å²) in [6.07, 6.45) is 0. The van der Waals surface area contributed by atoms with Gasteiger partial charge in [0, 0.05) is 0 Å². The standard InChI is InChI=1S/C2HNO4/c4-1-2(5)7-3-6-1/h3H. The Bertz CT molecular complexity index is 214. The fraction of sp³-hybridized carbons (Fsp3) is 0. The van der Waals surface area contributed by atoms with Crippen LogP contribution in [-0.2, 0) is 0 Å². The highest BCUT2D eigenvalue weighted by Crippen LogP contribution is 1.49. The molecule has 0 saturated carbocycles. The van der Waals surface area contributed by atoms with Crippen LogP contribution in [0.3, 0.4) is 0 Å². The van der Waals surface area contributed by atoms with Crippen LogP contribution in [0.1, 0.15) is 0 Å². The van der Waals surface area contributed by atoms with Gasteiger partial charge in [-0.15, -0.1) is 0 Å². The Hall–Kier alpha value is -1.26. The number of hydrogen-bond donors (Lipinski definition) is 1. The van der Waals surface area contributed by atoms with Gasteiger partial charge in [-0.3, -0.25) is 0 Å². The van der Waals surface area contributed by atoms with Crippen LogP contribution in [0, 0.1) is 0 Å². The van der Waals surface area contributed by atoms with Crippen LogP contribution in [0.4, 0.5) is 0 Å². The second-order valence-corrected chi connectivity index (χ2v) is 0.862. The van der Waals surface area contributed by atoms with Gasteiger partial charge in [0.05, 0.1) is 0 Å². The fourth-order valence-electron chi connectivity index (χ4n) is 0.180. The molecule has 1 aromatic rings. The van der Waals surface area contributed by atoms with Crippen LogP contribution in [0.15, 0.2) is 18.6 Å². The first-order valence-corrected chi connectivity index (χ1v) is 1.47. The Morgan fingerprint density at radius 3 is 1.71 bits per heavy atom. The van der Waals surface area contributed by atoms with Gasteiger partial charge < -0.3 is 9.05 Å². The summed E-state index contributed by atoms with van der Waals surface area (Å²) in [5, 5.41) is 1.62. The first-order valence-electron chi connectivity index (χ1n) is 1.47. The monoisotopic (exact) mass is 103 g/mol. The lowest BCUT2D eigenvalue weighted by molar-refractivity contribution is 0.221. The van der Waals surface area contributed by atoms with Crippen LogP contribution in [0.25, 0.3) is 0 Å². The van der Waals surface area contributed by atoms with Crippen LogP contribution >= 0.6 is 0 Å². The Kier molecular flexibility index (Phi) is 0.619. The van der Waals surface area contributed by atoms with E-state index in [2.05, 4.69) is 9.05 Å². The molecule has 0 radical (unpaired) electrons. The Labute approximate surface area is 36.5 Å². The summed E-state index contributed by atoms with van der Waals surface area (Å²) in [5.41, 5.74) is -2.03. The third-order valence-corrected chi connectivity index (χ3v) is 0.435. The van der Waals surface area contributed by atoms with E-state index in [-0.39, 0.29) is 0 Å². The molecule has 0 aliphatic rings. The van der Waals surface area contributed by atoms with E-state index in [1.54, 1.807) is 5.33 Å². The molecule has 1 aromatic heterocycles. The summed E-state index contributed by atoms with van der Waals surface area (Å²) in [4.78, 5) is 19.6. The minimum absolute atomic E-state index is 1.01. The molecule has 0 aliphatic heterocycles. The van der Waals surface area contributed by atoms with E-state index >= 15 is 0 Å². The van der Waals surface area contributed by atoms with Gasteiger partial charge in [-0.05, 0) is 0 Å². The quantitative estimate of drug-likeness (QED) is 0.424. The predicted octanol–water partition coefficient (Wildman–Crippen LogP) is -1.08. The Morgan fingerprint density at radius 2 is 1.57 bits per heavy atom. The van der Waals surface area contributed by atoms with Gasteiger partial charge in [-0.1, -0.05) is 5.33 Å². The van der Waals surface area contributed by atoms with Gasteiger partial charge in [0.25, 0.3) is 0 Å². The molecule has 7 heavy (non-hydrogen) atoms. The number of aromatic amines is 1. The predicted molar refractivity (Wildman–Crippen MR) is 17.9 cm³/mol. The molecule has 0 amide bonds. The molecule has 0 fully saturated rings. The van der Waals surface area contributed by atoms with E-state index in [1.807, 2.05) is 0 Å². The summed E-state index contributed by atoms with van der Waals surface area (Å²) in [6, 6.07) is 0. The smallest absolute Gasteiger partial charge is 0.301 e. The lowest BCUT2D eigenvalue weighted by Crippen LogP contribution is -2.14. The first-order chi connectivity index (χ1) is 3.30. The van der Waals surface area contributed by atoms with E-state index in [4.69, 9.17) is 0 Å². The molecule has 1 heterocycles. The van der Waals surface area contributed by atoms with Crippen molar-refractivity contribution in [2.45, 2.75) is 0 Å². The highest BCUT2D eigenvalue weighted by Gasteiger charge is 1.93. The maximum absolute atomic E-state index is 9.81.